The average Bonchev–Trinajstić information content (AvgIpc) is 3.67. The molecule has 4 aliphatic rings. The third kappa shape index (κ3) is 7.20. The van der Waals surface area contributed by atoms with Crippen molar-refractivity contribution in [3.8, 4) is 0 Å². The van der Waals surface area contributed by atoms with Gasteiger partial charge in [0.1, 0.15) is 12.7 Å². The molecule has 3 fully saturated rings. The normalized spacial score (nSPS) is 29.1. The predicted octanol–water partition coefficient (Wildman–Crippen LogP) is 6.28. The number of carbonyl (C=O) groups excluding carboxylic acids is 1. The van der Waals surface area contributed by atoms with Crippen LogP contribution in [0.1, 0.15) is 90.0 Å². The molecule has 2 unspecified atom stereocenters. The molecule has 2 aromatic rings. The second kappa shape index (κ2) is 13.8. The SMILES string of the molecule is CC1C=CC(C)N1C1CCC(N[C@H](Cc2ccc(Cl)cc2)C(=O)N2CCC(Cn3cncn3)(C3CCCCC3)CC2)CC1. The van der Waals surface area contributed by atoms with Crippen molar-refractivity contribution in [2.24, 2.45) is 11.3 Å². The fourth-order valence-corrected chi connectivity index (χ4v) is 9.02. The van der Waals surface area contributed by atoms with E-state index in [0.29, 0.717) is 36.5 Å². The monoisotopic (exact) mass is 606 g/mol. The third-order valence-electron chi connectivity index (χ3n) is 11.3. The summed E-state index contributed by atoms with van der Waals surface area (Å²) >= 11 is 6.21. The van der Waals surface area contributed by atoms with Crippen molar-refractivity contribution in [2.75, 3.05) is 13.1 Å². The fourth-order valence-electron chi connectivity index (χ4n) is 8.90. The van der Waals surface area contributed by atoms with Crippen LogP contribution in [-0.4, -0.2) is 73.8 Å². The smallest absolute Gasteiger partial charge is 0.240 e. The Morgan fingerprint density at radius 3 is 2.28 bits per heavy atom. The first-order valence-electron chi connectivity index (χ1n) is 17.0. The lowest BCUT2D eigenvalue weighted by molar-refractivity contribution is -0.137. The van der Waals surface area contributed by atoms with Gasteiger partial charge in [-0.05, 0) is 101 Å². The Labute approximate surface area is 263 Å². The summed E-state index contributed by atoms with van der Waals surface area (Å²) < 4.78 is 2.03. The summed E-state index contributed by atoms with van der Waals surface area (Å²) in [5, 5.41) is 9.11. The molecule has 6 rings (SSSR count). The first kappa shape index (κ1) is 30.8. The largest absolute Gasteiger partial charge is 0.341 e. The highest BCUT2D eigenvalue weighted by Gasteiger charge is 2.44. The molecule has 0 radical (unpaired) electrons. The zero-order valence-electron chi connectivity index (χ0n) is 26.2. The lowest BCUT2D eigenvalue weighted by Gasteiger charge is -2.48. The van der Waals surface area contributed by atoms with Gasteiger partial charge in [0, 0.05) is 48.8 Å². The standard InChI is InChI=1S/C35H51ClN6O/c1-26-8-9-27(2)42(26)32-16-14-31(15-17-32)39-33(22-28-10-12-30(36)13-11-28)34(43)40-20-18-35(19-21-40,23-41-25-37-24-38-41)29-6-4-3-5-7-29/h8-13,24-27,29,31-33,39H,3-7,14-23H2,1-2H3/t26?,27?,31?,32?,33-/m1/s1. The Morgan fingerprint density at radius 1 is 0.977 bits per heavy atom. The molecule has 2 aliphatic heterocycles. The lowest BCUT2D eigenvalue weighted by Crippen LogP contribution is -2.56. The number of aromatic nitrogens is 3. The molecule has 234 valence electrons. The quantitative estimate of drug-likeness (QED) is 0.340. The molecular formula is C35H51ClN6O. The van der Waals surface area contributed by atoms with Gasteiger partial charge in [0.15, 0.2) is 0 Å². The highest BCUT2D eigenvalue weighted by Crippen LogP contribution is 2.47. The molecule has 2 aliphatic carbocycles. The Bertz CT molecular complexity index is 1180. The summed E-state index contributed by atoms with van der Waals surface area (Å²) in [6.07, 6.45) is 22.2. The third-order valence-corrected chi connectivity index (χ3v) is 11.6. The van der Waals surface area contributed by atoms with E-state index >= 15 is 0 Å². The summed E-state index contributed by atoms with van der Waals surface area (Å²) in [5.41, 5.74) is 1.36. The molecule has 0 spiro atoms. The van der Waals surface area contributed by atoms with Crippen LogP contribution in [0.4, 0.5) is 0 Å². The highest BCUT2D eigenvalue weighted by molar-refractivity contribution is 6.30. The van der Waals surface area contributed by atoms with Crippen molar-refractivity contribution in [2.45, 2.75) is 128 Å². The van der Waals surface area contributed by atoms with Gasteiger partial charge in [-0.25, -0.2) is 4.98 Å². The minimum atomic E-state index is -0.216. The van der Waals surface area contributed by atoms with Crippen LogP contribution < -0.4 is 5.32 Å². The van der Waals surface area contributed by atoms with Crippen molar-refractivity contribution in [1.29, 1.82) is 0 Å². The van der Waals surface area contributed by atoms with Gasteiger partial charge in [0.25, 0.3) is 0 Å². The van der Waals surface area contributed by atoms with E-state index in [1.807, 2.05) is 23.1 Å². The Kier molecular flexibility index (Phi) is 9.90. The number of carbonyl (C=O) groups is 1. The molecule has 0 bridgehead atoms. The number of nitrogens with zero attached hydrogens (tertiary/aromatic N) is 5. The molecule has 2 saturated carbocycles. The van der Waals surface area contributed by atoms with Gasteiger partial charge in [-0.1, -0.05) is 55.1 Å². The molecule has 1 amide bonds. The second-order valence-corrected chi connectivity index (χ2v) is 14.4. The number of halogens is 1. The number of nitrogens with one attached hydrogen (secondary N) is 1. The molecule has 1 aromatic heterocycles. The van der Waals surface area contributed by atoms with E-state index in [2.05, 4.69) is 63.3 Å². The summed E-state index contributed by atoms with van der Waals surface area (Å²) in [5.74, 6) is 0.971. The topological polar surface area (TPSA) is 66.3 Å². The van der Waals surface area contributed by atoms with Crippen molar-refractivity contribution in [3.63, 3.8) is 0 Å². The highest BCUT2D eigenvalue weighted by atomic mass is 35.5. The van der Waals surface area contributed by atoms with Gasteiger partial charge in [-0.2, -0.15) is 5.10 Å². The molecule has 3 atom stereocenters. The first-order chi connectivity index (χ1) is 20.9. The van der Waals surface area contributed by atoms with Gasteiger partial charge in [0.05, 0.1) is 6.04 Å². The van der Waals surface area contributed by atoms with E-state index in [-0.39, 0.29) is 17.4 Å². The van der Waals surface area contributed by atoms with Gasteiger partial charge in [-0.3, -0.25) is 14.4 Å². The number of hydrogen-bond donors (Lipinski definition) is 1. The molecule has 8 heteroatoms. The van der Waals surface area contributed by atoms with E-state index in [9.17, 15) is 4.79 Å². The average molecular weight is 607 g/mol. The van der Waals surface area contributed by atoms with Crippen LogP contribution in [-0.2, 0) is 17.8 Å². The Morgan fingerprint density at radius 2 is 1.65 bits per heavy atom. The van der Waals surface area contributed by atoms with Crippen LogP contribution in [0.25, 0.3) is 0 Å². The fraction of sp³-hybridized carbons (Fsp3) is 0.686. The van der Waals surface area contributed by atoms with Crippen LogP contribution in [0.5, 0.6) is 0 Å². The summed E-state index contributed by atoms with van der Waals surface area (Å²) in [6.45, 7) is 7.21. The number of hydrogen-bond acceptors (Lipinski definition) is 5. The number of likely N-dealkylation sites (tertiary alicyclic amines) is 1. The van der Waals surface area contributed by atoms with Gasteiger partial charge in [0.2, 0.25) is 5.91 Å². The van der Waals surface area contributed by atoms with Gasteiger partial charge < -0.3 is 10.2 Å². The maximum atomic E-state index is 14.3. The lowest BCUT2D eigenvalue weighted by atomic mass is 9.63. The number of piperidine rings is 1. The summed E-state index contributed by atoms with van der Waals surface area (Å²) in [7, 11) is 0. The second-order valence-electron chi connectivity index (χ2n) is 14.0. The Balaban J connectivity index is 1.12. The maximum Gasteiger partial charge on any atom is 0.240 e. The van der Waals surface area contributed by atoms with E-state index < -0.39 is 0 Å². The Hall–Kier alpha value is -2.22. The molecule has 1 aromatic carbocycles. The van der Waals surface area contributed by atoms with E-state index in [0.717, 1.165) is 55.9 Å². The van der Waals surface area contributed by atoms with Crippen molar-refractivity contribution < 1.29 is 4.79 Å². The molecule has 3 heterocycles. The van der Waals surface area contributed by atoms with E-state index in [4.69, 9.17) is 11.6 Å². The molecule has 43 heavy (non-hydrogen) atoms. The minimum Gasteiger partial charge on any atom is -0.341 e. The van der Waals surface area contributed by atoms with Gasteiger partial charge >= 0.3 is 0 Å². The van der Waals surface area contributed by atoms with Crippen LogP contribution in [0.15, 0.2) is 49.1 Å². The maximum absolute atomic E-state index is 14.3. The van der Waals surface area contributed by atoms with E-state index in [1.165, 1.54) is 44.9 Å². The van der Waals surface area contributed by atoms with Crippen molar-refractivity contribution in [1.82, 2.24) is 29.9 Å². The molecule has 1 saturated heterocycles. The number of rotatable bonds is 9. The van der Waals surface area contributed by atoms with Gasteiger partial charge in [-0.15, -0.1) is 0 Å². The molecule has 1 N–H and O–H groups in total. The van der Waals surface area contributed by atoms with Crippen LogP contribution in [0, 0.1) is 11.3 Å². The predicted molar refractivity (Wildman–Crippen MR) is 173 cm³/mol. The van der Waals surface area contributed by atoms with Crippen molar-refractivity contribution in [3.05, 3.63) is 59.7 Å². The van der Waals surface area contributed by atoms with E-state index in [1.54, 1.807) is 6.33 Å². The molecular weight excluding hydrogens is 556 g/mol. The van der Waals surface area contributed by atoms with Crippen molar-refractivity contribution >= 4 is 17.5 Å². The zero-order chi connectivity index (χ0) is 29.8. The van der Waals surface area contributed by atoms with Crippen LogP contribution in [0.3, 0.4) is 0 Å². The summed E-state index contributed by atoms with van der Waals surface area (Å²) in [4.78, 5) is 23.4. The minimum absolute atomic E-state index is 0.196. The molecule has 7 nitrogen and oxygen atoms in total. The number of amides is 1. The zero-order valence-corrected chi connectivity index (χ0v) is 27.0. The van der Waals surface area contributed by atoms with Crippen LogP contribution in [0.2, 0.25) is 5.02 Å². The first-order valence-corrected chi connectivity index (χ1v) is 17.4. The number of benzene rings is 1. The summed E-state index contributed by atoms with van der Waals surface area (Å²) in [6, 6.07) is 9.87. The van der Waals surface area contributed by atoms with Crippen LogP contribution >= 0.6 is 11.6 Å².